The molecule has 0 aromatic heterocycles. The van der Waals surface area contributed by atoms with Crippen LogP contribution in [0.15, 0.2) is 170 Å². The lowest BCUT2D eigenvalue weighted by atomic mass is 10.0. The molecule has 5 atom stereocenters. The van der Waals surface area contributed by atoms with Gasteiger partial charge in [0.15, 0.2) is 5.78 Å². The van der Waals surface area contributed by atoms with E-state index in [2.05, 4.69) is 6.92 Å². The predicted molar refractivity (Wildman–Crippen MR) is 334 cm³/mol. The minimum absolute atomic E-state index is 0.0203. The highest BCUT2D eigenvalue weighted by Crippen LogP contribution is 2.32. The van der Waals surface area contributed by atoms with E-state index in [-0.39, 0.29) is 65.5 Å². The van der Waals surface area contributed by atoms with E-state index in [1.54, 1.807) is 115 Å². The van der Waals surface area contributed by atoms with Gasteiger partial charge in [0.1, 0.15) is 51.9 Å². The molecule has 18 heteroatoms. The number of hydrogen-bond acceptors (Lipinski definition) is 11. The molecule has 0 radical (unpaired) electrons. The number of aliphatic hydroxyl groups excluding tert-OH is 2. The summed E-state index contributed by atoms with van der Waals surface area (Å²) >= 11 is 1.67. The lowest BCUT2D eigenvalue weighted by Gasteiger charge is -2.25. The standard InChI is InChI=1S/C25H30FNO5S.C23H26FNO3.C22H22FNO3/c26-19-5-2-7-22(17-19)32-21-6-1-4-18(16-21)23(28)11-9-20-10-12-24(29)27(20)13-15-33-14-3-8-25(30)31;1-2-3-14-25-19(11-13-23(25)27)10-12-22(26)17-6-4-8-20(15-17)28-21-9-5-7-18(24)16-21;1-2-13-24-18(10-12-22(24)26)9-11-21(25)16-5-3-7-19(14-16)27-20-8-4-6-17(23)15-20/h1-2,4-7,16-17,20,23,28H,3,8-15H2,(H,30,31);4-10,12,15-16,19,22,26H,2-3,11,13-14H2,1H3;3-9,11,14-15,18H,2,10,12-13H2,1H3/b;12-10+;11-9+/t20-,23?;19-,22?;18-/m000/s1. The Labute approximate surface area is 517 Å². The van der Waals surface area contributed by atoms with Crippen molar-refractivity contribution in [3.63, 3.8) is 0 Å². The van der Waals surface area contributed by atoms with Crippen LogP contribution in [0.2, 0.25) is 0 Å². The summed E-state index contributed by atoms with van der Waals surface area (Å²) in [6.45, 7) is 6.25. The van der Waals surface area contributed by atoms with Crippen LogP contribution in [0, 0.1) is 17.5 Å². The number of carbonyl (C=O) groups excluding carboxylic acids is 4. The van der Waals surface area contributed by atoms with E-state index in [9.17, 15) is 47.4 Å². The third kappa shape index (κ3) is 21.6. The molecule has 0 spiro atoms. The monoisotopic (exact) mass is 1230 g/mol. The fourth-order valence-electron chi connectivity index (χ4n) is 10.5. The summed E-state index contributed by atoms with van der Waals surface area (Å²) in [7, 11) is 0. The SMILES string of the molecule is CCCCN1C(=O)CC[C@@H]1/C=C/C(O)c1cccc(Oc2cccc(F)c2)c1.CCCN1C(=O)CC[C@@H]1/C=C/C(=O)c1cccc(Oc2cccc(F)c2)c1.O=C(O)CCCSCCN1C(=O)CC[C@@H]1CCC(O)c1cccc(Oc2cccc(F)c2)c1. The number of carboxylic acid groups (broad SMARTS) is 1. The first-order valence-corrected chi connectivity index (χ1v) is 31.3. The summed E-state index contributed by atoms with van der Waals surface area (Å²) in [5, 5.41) is 29.9. The molecule has 3 fully saturated rings. The van der Waals surface area contributed by atoms with Crippen molar-refractivity contribution in [2.45, 2.75) is 128 Å². The van der Waals surface area contributed by atoms with Gasteiger partial charge in [0.25, 0.3) is 0 Å². The van der Waals surface area contributed by atoms with Crippen LogP contribution < -0.4 is 14.2 Å². The molecule has 6 aromatic rings. The Kier molecular flexibility index (Phi) is 26.8. The Morgan fingerprint density at radius 3 is 1.61 bits per heavy atom. The van der Waals surface area contributed by atoms with Crippen LogP contribution in [0.4, 0.5) is 13.2 Å². The average molecular weight is 1230 g/mol. The number of allylic oxidation sites excluding steroid dienone is 1. The van der Waals surface area contributed by atoms with Gasteiger partial charge in [0.2, 0.25) is 17.7 Å². The van der Waals surface area contributed by atoms with Gasteiger partial charge < -0.3 is 44.2 Å². The number of aliphatic carboxylic acids is 1. The van der Waals surface area contributed by atoms with Crippen molar-refractivity contribution in [1.29, 1.82) is 0 Å². The summed E-state index contributed by atoms with van der Waals surface area (Å²) in [6.07, 6.45) is 14.4. The number of aliphatic hydroxyl groups is 2. The van der Waals surface area contributed by atoms with Crippen molar-refractivity contribution < 1.29 is 66.7 Å². The topological polar surface area (TPSA) is 183 Å². The van der Waals surface area contributed by atoms with Gasteiger partial charge in [-0.25, -0.2) is 13.2 Å². The lowest BCUT2D eigenvalue weighted by molar-refractivity contribution is -0.137. The summed E-state index contributed by atoms with van der Waals surface area (Å²) in [6, 6.07) is 38.8. The number of halogens is 3. The van der Waals surface area contributed by atoms with Crippen LogP contribution in [0.25, 0.3) is 0 Å². The molecule has 3 saturated heterocycles. The number of ether oxygens (including phenoxy) is 3. The van der Waals surface area contributed by atoms with Crippen LogP contribution in [0.3, 0.4) is 0 Å². The molecule has 9 rings (SSSR count). The predicted octanol–water partition coefficient (Wildman–Crippen LogP) is 14.8. The Morgan fingerprint density at radius 2 is 1.06 bits per heavy atom. The number of carbonyl (C=O) groups is 5. The molecule has 2 unspecified atom stereocenters. The molecule has 3 aliphatic heterocycles. The number of amides is 3. The van der Waals surface area contributed by atoms with E-state index in [0.29, 0.717) is 103 Å². The fourth-order valence-corrected chi connectivity index (χ4v) is 11.3. The summed E-state index contributed by atoms with van der Waals surface area (Å²) < 4.78 is 57.0. The van der Waals surface area contributed by atoms with E-state index in [0.717, 1.165) is 56.6 Å². The molecule has 3 aliphatic rings. The van der Waals surface area contributed by atoms with Crippen molar-refractivity contribution in [3.05, 3.63) is 204 Å². The zero-order chi connectivity index (χ0) is 62.8. The molecule has 0 bridgehead atoms. The molecule has 88 heavy (non-hydrogen) atoms. The maximum atomic E-state index is 13.4. The van der Waals surface area contributed by atoms with Crippen LogP contribution >= 0.6 is 11.8 Å². The highest BCUT2D eigenvalue weighted by atomic mass is 32.2. The molecule has 0 saturated carbocycles. The van der Waals surface area contributed by atoms with Gasteiger partial charge in [-0.3, -0.25) is 24.0 Å². The third-order valence-corrected chi connectivity index (χ3v) is 16.0. The van der Waals surface area contributed by atoms with Crippen LogP contribution in [-0.4, -0.2) is 109 Å². The first-order valence-electron chi connectivity index (χ1n) is 30.1. The largest absolute Gasteiger partial charge is 0.481 e. The fraction of sp³-hybridized carbons (Fsp3) is 0.357. The maximum absolute atomic E-state index is 13.4. The van der Waals surface area contributed by atoms with Gasteiger partial charge in [0, 0.05) is 80.9 Å². The number of benzene rings is 6. The van der Waals surface area contributed by atoms with E-state index in [1.807, 2.05) is 45.9 Å². The van der Waals surface area contributed by atoms with Crippen molar-refractivity contribution in [2.75, 3.05) is 31.1 Å². The number of rotatable bonds is 28. The zero-order valence-electron chi connectivity index (χ0n) is 49.8. The number of nitrogens with zero attached hydrogens (tertiary/aromatic N) is 3. The molecule has 3 heterocycles. The normalized spacial score (nSPS) is 17.2. The number of hydrogen-bond donors (Lipinski definition) is 3. The molecule has 14 nitrogen and oxygen atoms in total. The van der Waals surface area contributed by atoms with Gasteiger partial charge in [-0.05, 0) is 147 Å². The number of unbranched alkanes of at least 4 members (excludes halogenated alkanes) is 1. The molecular weight excluding hydrogens is 1150 g/mol. The minimum atomic E-state index is -0.806. The van der Waals surface area contributed by atoms with Crippen molar-refractivity contribution in [3.8, 4) is 34.5 Å². The highest BCUT2D eigenvalue weighted by Gasteiger charge is 2.32. The Bertz CT molecular complexity index is 3330. The quantitative estimate of drug-likeness (QED) is 0.0183. The van der Waals surface area contributed by atoms with E-state index in [1.165, 1.54) is 42.5 Å². The van der Waals surface area contributed by atoms with Gasteiger partial charge in [-0.1, -0.05) is 93.1 Å². The van der Waals surface area contributed by atoms with Crippen molar-refractivity contribution >= 4 is 41.2 Å². The van der Waals surface area contributed by atoms with E-state index in [4.69, 9.17) is 19.3 Å². The number of ketones is 1. The first-order chi connectivity index (χ1) is 42.5. The number of likely N-dealkylation sites (tertiary alicyclic amines) is 3. The highest BCUT2D eigenvalue weighted by molar-refractivity contribution is 7.99. The third-order valence-electron chi connectivity index (χ3n) is 15.0. The molecule has 6 aromatic carbocycles. The average Bonchev–Trinajstić information content (AvgIpc) is 3.89. The molecule has 466 valence electrons. The zero-order valence-corrected chi connectivity index (χ0v) is 50.6. The first kappa shape index (κ1) is 67.3. The van der Waals surface area contributed by atoms with Crippen molar-refractivity contribution in [1.82, 2.24) is 14.7 Å². The van der Waals surface area contributed by atoms with Gasteiger partial charge in [-0.2, -0.15) is 11.8 Å². The van der Waals surface area contributed by atoms with Gasteiger partial charge in [0.05, 0.1) is 24.3 Å². The maximum Gasteiger partial charge on any atom is 0.303 e. The van der Waals surface area contributed by atoms with Crippen LogP contribution in [-0.2, 0) is 19.2 Å². The van der Waals surface area contributed by atoms with Gasteiger partial charge >= 0.3 is 5.97 Å². The molecule has 3 amide bonds. The second-order valence-corrected chi connectivity index (χ2v) is 22.9. The minimum Gasteiger partial charge on any atom is -0.481 e. The smallest absolute Gasteiger partial charge is 0.303 e. The van der Waals surface area contributed by atoms with Gasteiger partial charge in [-0.15, -0.1) is 0 Å². The summed E-state index contributed by atoms with van der Waals surface area (Å²) in [5.41, 5.74) is 1.87. The summed E-state index contributed by atoms with van der Waals surface area (Å²) in [4.78, 5) is 64.9. The lowest BCUT2D eigenvalue weighted by Crippen LogP contribution is -2.35. The molecule has 0 aliphatic carbocycles. The second-order valence-electron chi connectivity index (χ2n) is 21.6. The summed E-state index contributed by atoms with van der Waals surface area (Å²) in [5.74, 6) is 2.63. The van der Waals surface area contributed by atoms with Crippen LogP contribution in [0.5, 0.6) is 34.5 Å². The van der Waals surface area contributed by atoms with Crippen LogP contribution in [0.1, 0.15) is 131 Å². The van der Waals surface area contributed by atoms with E-state index < -0.39 is 18.2 Å². The Morgan fingerprint density at radius 1 is 0.568 bits per heavy atom. The number of thioether (sulfide) groups is 1. The number of carboxylic acids is 1. The Hall–Kier alpha value is -8.19. The van der Waals surface area contributed by atoms with Crippen molar-refractivity contribution in [2.24, 2.45) is 0 Å². The Balaban J connectivity index is 0.000000189. The molecule has 3 N–H and O–H groups in total. The van der Waals surface area contributed by atoms with E-state index >= 15 is 0 Å². The second kappa shape index (κ2) is 35.0. The molecular formula is C70H78F3N3O11S.